The van der Waals surface area contributed by atoms with E-state index in [1.54, 1.807) is 17.5 Å². The first-order chi connectivity index (χ1) is 11.4. The SMILES string of the molecule is NC1(C(=O)c2cccs2)C=CN([C@@H]2O[C@H](CO)[C@@H](O)[C@H]2O)C(=O)N1. The van der Waals surface area contributed by atoms with Gasteiger partial charge < -0.3 is 25.4 Å². The van der Waals surface area contributed by atoms with Gasteiger partial charge in [-0.05, 0) is 17.5 Å². The number of nitrogens with zero attached hydrogens (tertiary/aromatic N) is 1. The third-order valence-electron chi connectivity index (χ3n) is 3.96. The van der Waals surface area contributed by atoms with E-state index in [1.807, 2.05) is 0 Å². The minimum absolute atomic E-state index is 0.392. The highest BCUT2D eigenvalue weighted by Crippen LogP contribution is 2.27. The van der Waals surface area contributed by atoms with Gasteiger partial charge in [-0.25, -0.2) is 4.79 Å². The molecule has 0 bridgehead atoms. The van der Waals surface area contributed by atoms with Gasteiger partial charge in [-0.1, -0.05) is 6.07 Å². The number of aliphatic hydroxyl groups is 3. The van der Waals surface area contributed by atoms with E-state index >= 15 is 0 Å². The zero-order valence-electron chi connectivity index (χ0n) is 12.4. The molecule has 1 saturated heterocycles. The third kappa shape index (κ3) is 2.73. The van der Waals surface area contributed by atoms with Crippen LogP contribution in [0.25, 0.3) is 0 Å². The van der Waals surface area contributed by atoms with E-state index in [-0.39, 0.29) is 0 Å². The summed E-state index contributed by atoms with van der Waals surface area (Å²) in [5, 5.41) is 32.9. The quantitative estimate of drug-likeness (QED) is 0.416. The van der Waals surface area contributed by atoms with Crippen LogP contribution in [0.4, 0.5) is 4.79 Å². The molecule has 1 aromatic heterocycles. The lowest BCUT2D eigenvalue weighted by molar-refractivity contribution is -0.0666. The van der Waals surface area contributed by atoms with Crippen LogP contribution in [0.15, 0.2) is 29.8 Å². The first kappa shape index (κ1) is 17.0. The van der Waals surface area contributed by atoms with Crippen LogP contribution in [-0.2, 0) is 4.74 Å². The van der Waals surface area contributed by atoms with Crippen LogP contribution in [0.1, 0.15) is 9.67 Å². The molecule has 5 atom stereocenters. The number of ketones is 1. The number of nitrogens with one attached hydrogen (secondary N) is 1. The van der Waals surface area contributed by atoms with Crippen LogP contribution in [-0.4, -0.2) is 68.8 Å². The Kier molecular flexibility index (Phi) is 4.42. The maximum Gasteiger partial charge on any atom is 0.325 e. The molecule has 9 nitrogen and oxygen atoms in total. The molecule has 3 rings (SSSR count). The average Bonchev–Trinajstić information content (AvgIpc) is 3.17. The predicted molar refractivity (Wildman–Crippen MR) is 82.8 cm³/mol. The van der Waals surface area contributed by atoms with Crippen molar-refractivity contribution in [2.75, 3.05) is 6.61 Å². The predicted octanol–water partition coefficient (Wildman–Crippen LogP) is -1.44. The van der Waals surface area contributed by atoms with Gasteiger partial charge in [-0.2, -0.15) is 0 Å². The Morgan fingerprint density at radius 2 is 2.21 bits per heavy atom. The van der Waals surface area contributed by atoms with Gasteiger partial charge in [0.2, 0.25) is 5.78 Å². The Bertz CT molecular complexity index is 665. The molecule has 130 valence electrons. The van der Waals surface area contributed by atoms with Crippen LogP contribution < -0.4 is 11.1 Å². The molecule has 0 aliphatic carbocycles. The number of urea groups is 1. The number of ether oxygens (including phenoxy) is 1. The summed E-state index contributed by atoms with van der Waals surface area (Å²) in [5.74, 6) is -0.470. The van der Waals surface area contributed by atoms with Crippen molar-refractivity contribution in [3.05, 3.63) is 34.7 Å². The van der Waals surface area contributed by atoms with E-state index < -0.39 is 48.6 Å². The van der Waals surface area contributed by atoms with Gasteiger partial charge in [0.1, 0.15) is 18.3 Å². The Morgan fingerprint density at radius 3 is 2.75 bits per heavy atom. The fourth-order valence-electron chi connectivity index (χ4n) is 2.60. The van der Waals surface area contributed by atoms with Crippen LogP contribution >= 0.6 is 11.3 Å². The summed E-state index contributed by atoms with van der Waals surface area (Å²) in [4.78, 5) is 26.1. The summed E-state index contributed by atoms with van der Waals surface area (Å²) in [6, 6.07) is 2.53. The van der Waals surface area contributed by atoms with Crippen molar-refractivity contribution >= 4 is 23.2 Å². The summed E-state index contributed by atoms with van der Waals surface area (Å²) in [5.41, 5.74) is 4.27. The van der Waals surface area contributed by atoms with Gasteiger partial charge in [0, 0.05) is 6.20 Å². The summed E-state index contributed by atoms with van der Waals surface area (Å²) in [7, 11) is 0. The number of thiophene rings is 1. The summed E-state index contributed by atoms with van der Waals surface area (Å²) in [6.45, 7) is -0.508. The van der Waals surface area contributed by atoms with E-state index in [1.165, 1.54) is 23.6 Å². The largest absolute Gasteiger partial charge is 0.394 e. The van der Waals surface area contributed by atoms with Gasteiger partial charge in [0.25, 0.3) is 0 Å². The molecule has 24 heavy (non-hydrogen) atoms. The molecule has 2 aliphatic rings. The lowest BCUT2D eigenvalue weighted by Gasteiger charge is -2.36. The van der Waals surface area contributed by atoms with Crippen LogP contribution in [0.2, 0.25) is 0 Å². The highest BCUT2D eigenvalue weighted by Gasteiger charge is 2.49. The molecule has 0 aromatic carbocycles. The normalized spacial score (nSPS) is 36.0. The van der Waals surface area contributed by atoms with Crippen LogP contribution in [0, 0.1) is 0 Å². The van der Waals surface area contributed by atoms with Gasteiger partial charge in [0.05, 0.1) is 11.5 Å². The number of carbonyl (C=O) groups excluding carboxylic acids is 2. The first-order valence-corrected chi connectivity index (χ1v) is 8.05. The Labute approximate surface area is 140 Å². The number of hydrogen-bond acceptors (Lipinski definition) is 8. The molecule has 1 fully saturated rings. The number of rotatable bonds is 4. The van der Waals surface area contributed by atoms with Crippen LogP contribution in [0.3, 0.4) is 0 Å². The summed E-state index contributed by atoms with van der Waals surface area (Å²) >= 11 is 1.20. The second kappa shape index (κ2) is 6.24. The Morgan fingerprint density at radius 1 is 1.46 bits per heavy atom. The van der Waals surface area contributed by atoms with Gasteiger partial charge in [-0.15, -0.1) is 11.3 Å². The lowest BCUT2D eigenvalue weighted by atomic mass is 10.0. The van der Waals surface area contributed by atoms with Crippen molar-refractivity contribution < 1.29 is 29.6 Å². The Hall–Kier alpha value is -1.82. The molecular formula is C14H17N3O6S. The maximum absolute atomic E-state index is 12.4. The van der Waals surface area contributed by atoms with Crippen molar-refractivity contribution in [3.8, 4) is 0 Å². The molecule has 2 aliphatic heterocycles. The molecule has 3 heterocycles. The smallest absolute Gasteiger partial charge is 0.325 e. The van der Waals surface area contributed by atoms with E-state index in [9.17, 15) is 19.8 Å². The number of Topliss-reactive ketones (excluding diaryl/α,β-unsaturated/α-hetero) is 1. The molecule has 0 spiro atoms. The molecule has 2 amide bonds. The molecule has 6 N–H and O–H groups in total. The van der Waals surface area contributed by atoms with E-state index in [0.29, 0.717) is 4.88 Å². The fraction of sp³-hybridized carbons (Fsp3) is 0.429. The third-order valence-corrected chi connectivity index (χ3v) is 4.83. The average molecular weight is 355 g/mol. The number of nitrogens with two attached hydrogens (primary N) is 1. The number of hydrogen-bond donors (Lipinski definition) is 5. The maximum atomic E-state index is 12.4. The van der Waals surface area contributed by atoms with Gasteiger partial charge in [-0.3, -0.25) is 15.4 Å². The minimum atomic E-state index is -1.71. The van der Waals surface area contributed by atoms with E-state index in [4.69, 9.17) is 15.6 Å². The van der Waals surface area contributed by atoms with E-state index in [0.717, 1.165) is 4.90 Å². The zero-order valence-corrected chi connectivity index (χ0v) is 13.2. The Balaban J connectivity index is 1.80. The molecule has 1 unspecified atom stereocenters. The second-order valence-electron chi connectivity index (χ2n) is 5.56. The number of aliphatic hydroxyl groups excluding tert-OH is 3. The van der Waals surface area contributed by atoms with Crippen molar-refractivity contribution in [2.24, 2.45) is 5.73 Å². The standard InChI is InChI=1S/C14H17N3O6S/c15-14(11(21)8-2-1-5-24-8)3-4-17(13(22)16-14)12-10(20)9(19)7(6-18)23-12/h1-5,7,9-10,12,18-20H,6,15H2,(H,16,22)/t7-,9-,10-,12-,14?/m1/s1. The van der Waals surface area contributed by atoms with Crippen molar-refractivity contribution in [1.29, 1.82) is 0 Å². The fourth-order valence-corrected chi connectivity index (χ4v) is 3.34. The topological polar surface area (TPSA) is 145 Å². The van der Waals surface area contributed by atoms with Crippen LogP contribution in [0.5, 0.6) is 0 Å². The monoisotopic (exact) mass is 355 g/mol. The summed E-state index contributed by atoms with van der Waals surface area (Å²) < 4.78 is 5.29. The summed E-state index contributed by atoms with van der Waals surface area (Å²) in [6.07, 6.45) is -2.44. The first-order valence-electron chi connectivity index (χ1n) is 7.17. The van der Waals surface area contributed by atoms with Crippen molar-refractivity contribution in [2.45, 2.75) is 30.2 Å². The second-order valence-corrected chi connectivity index (χ2v) is 6.51. The van der Waals surface area contributed by atoms with Gasteiger partial charge in [0.15, 0.2) is 11.9 Å². The van der Waals surface area contributed by atoms with E-state index in [2.05, 4.69) is 5.32 Å². The lowest BCUT2D eigenvalue weighted by Crippen LogP contribution is -2.66. The molecule has 10 heteroatoms. The highest BCUT2D eigenvalue weighted by atomic mass is 32.1. The molecular weight excluding hydrogens is 338 g/mol. The van der Waals surface area contributed by atoms with Crippen molar-refractivity contribution in [1.82, 2.24) is 10.2 Å². The highest BCUT2D eigenvalue weighted by molar-refractivity contribution is 7.12. The van der Waals surface area contributed by atoms with Gasteiger partial charge >= 0.3 is 6.03 Å². The number of carbonyl (C=O) groups is 2. The molecule has 0 saturated carbocycles. The number of amides is 2. The molecule has 0 radical (unpaired) electrons. The molecule has 1 aromatic rings. The zero-order chi connectivity index (χ0) is 17.5. The minimum Gasteiger partial charge on any atom is -0.394 e. The van der Waals surface area contributed by atoms with Crippen molar-refractivity contribution in [3.63, 3.8) is 0 Å².